The number of rotatable bonds is 4. The number of para-hydroxylation sites is 2. The molecule has 0 spiro atoms. The minimum atomic E-state index is 0.536. The van der Waals surface area contributed by atoms with Crippen LogP contribution in [0.25, 0.3) is 10.9 Å². The highest BCUT2D eigenvalue weighted by atomic mass is 35.5. The van der Waals surface area contributed by atoms with Crippen molar-refractivity contribution in [2.24, 2.45) is 0 Å². The van der Waals surface area contributed by atoms with Gasteiger partial charge in [-0.3, -0.25) is 0 Å². The van der Waals surface area contributed by atoms with E-state index in [0.29, 0.717) is 11.7 Å². The number of halogens is 1. The first-order valence-electron chi connectivity index (χ1n) is 7.52. The summed E-state index contributed by atoms with van der Waals surface area (Å²) in [6.45, 7) is 4.75. The molecule has 1 aromatic heterocycles. The fourth-order valence-electron chi connectivity index (χ4n) is 2.61. The summed E-state index contributed by atoms with van der Waals surface area (Å²) in [6.07, 6.45) is 0. The molecule has 0 radical (unpaired) electrons. The monoisotopic (exact) mass is 326 g/mol. The van der Waals surface area contributed by atoms with Crippen LogP contribution in [-0.4, -0.2) is 12.1 Å². The third-order valence-electron chi connectivity index (χ3n) is 4.11. The second-order valence-corrected chi connectivity index (χ2v) is 5.93. The maximum absolute atomic E-state index is 6.39. The predicted octanol–water partition coefficient (Wildman–Crippen LogP) is 5.13. The van der Waals surface area contributed by atoms with Crippen molar-refractivity contribution in [1.82, 2.24) is 4.98 Å². The van der Waals surface area contributed by atoms with E-state index in [9.17, 15) is 0 Å². The van der Waals surface area contributed by atoms with Crippen LogP contribution in [0.5, 0.6) is 5.75 Å². The van der Waals surface area contributed by atoms with Crippen molar-refractivity contribution in [2.45, 2.75) is 20.4 Å². The van der Waals surface area contributed by atoms with Gasteiger partial charge in [-0.25, -0.2) is 4.98 Å². The summed E-state index contributed by atoms with van der Waals surface area (Å²) in [5.74, 6) is 0.809. The number of pyridine rings is 1. The molecule has 0 atom stereocenters. The summed E-state index contributed by atoms with van der Waals surface area (Å²) in [5.41, 5.74) is 5.27. The molecular weight excluding hydrogens is 308 g/mol. The molecule has 0 bridgehead atoms. The van der Waals surface area contributed by atoms with E-state index < -0.39 is 0 Å². The van der Waals surface area contributed by atoms with E-state index in [4.69, 9.17) is 16.3 Å². The molecule has 3 aromatic rings. The summed E-state index contributed by atoms with van der Waals surface area (Å²) in [7, 11) is 1.66. The Hall–Kier alpha value is -2.26. The van der Waals surface area contributed by atoms with Crippen molar-refractivity contribution in [1.29, 1.82) is 0 Å². The Morgan fingerprint density at radius 2 is 1.91 bits per heavy atom. The minimum absolute atomic E-state index is 0.536. The van der Waals surface area contributed by atoms with Crippen molar-refractivity contribution in [3.8, 4) is 5.75 Å². The van der Waals surface area contributed by atoms with Gasteiger partial charge in [0.25, 0.3) is 0 Å². The van der Waals surface area contributed by atoms with Gasteiger partial charge in [0.2, 0.25) is 0 Å². The lowest BCUT2D eigenvalue weighted by Gasteiger charge is -2.13. The lowest BCUT2D eigenvalue weighted by atomic mass is 10.0. The largest absolute Gasteiger partial charge is 0.495 e. The van der Waals surface area contributed by atoms with Crippen LogP contribution in [0.2, 0.25) is 5.15 Å². The molecular formula is C19H19ClN2O. The van der Waals surface area contributed by atoms with Crippen molar-refractivity contribution in [2.75, 3.05) is 12.4 Å². The fourth-order valence-corrected chi connectivity index (χ4v) is 2.82. The fraction of sp³-hybridized carbons (Fsp3) is 0.211. The van der Waals surface area contributed by atoms with Gasteiger partial charge in [0, 0.05) is 17.5 Å². The van der Waals surface area contributed by atoms with Crippen LogP contribution in [0, 0.1) is 13.8 Å². The lowest BCUT2D eigenvalue weighted by Crippen LogP contribution is -2.03. The molecule has 1 N–H and O–H groups in total. The number of aromatic nitrogens is 1. The van der Waals surface area contributed by atoms with E-state index in [1.807, 2.05) is 24.3 Å². The van der Waals surface area contributed by atoms with Crippen LogP contribution in [0.3, 0.4) is 0 Å². The first-order valence-corrected chi connectivity index (χ1v) is 7.90. The molecule has 0 aliphatic heterocycles. The first kappa shape index (κ1) is 15.6. The number of ether oxygens (including phenoxy) is 1. The van der Waals surface area contributed by atoms with Crippen molar-refractivity contribution in [3.05, 3.63) is 64.3 Å². The Kier molecular flexibility index (Phi) is 4.39. The number of nitrogens with one attached hydrogen (secondary N) is 1. The Labute approximate surface area is 141 Å². The van der Waals surface area contributed by atoms with Gasteiger partial charge in [-0.1, -0.05) is 35.9 Å². The molecule has 0 saturated heterocycles. The number of fused-ring (bicyclic) bond motifs is 1. The smallest absolute Gasteiger partial charge is 0.141 e. The maximum atomic E-state index is 6.39. The second kappa shape index (κ2) is 6.47. The summed E-state index contributed by atoms with van der Waals surface area (Å²) >= 11 is 6.39. The molecule has 0 saturated carbocycles. The number of methoxy groups -OCH3 is 1. The average molecular weight is 327 g/mol. The number of hydrogen-bond acceptors (Lipinski definition) is 3. The molecule has 4 heteroatoms. The molecule has 0 aliphatic carbocycles. The van der Waals surface area contributed by atoms with Gasteiger partial charge in [0.15, 0.2) is 0 Å². The predicted molar refractivity (Wildman–Crippen MR) is 96.5 cm³/mol. The zero-order valence-corrected chi connectivity index (χ0v) is 14.2. The third kappa shape index (κ3) is 3.10. The van der Waals surface area contributed by atoms with Gasteiger partial charge < -0.3 is 10.1 Å². The van der Waals surface area contributed by atoms with Gasteiger partial charge in [-0.05, 0) is 43.2 Å². The van der Waals surface area contributed by atoms with Crippen LogP contribution in [0.1, 0.15) is 16.7 Å². The third-order valence-corrected chi connectivity index (χ3v) is 4.44. The Bertz CT molecular complexity index is 861. The quantitative estimate of drug-likeness (QED) is 0.675. The first-order chi connectivity index (χ1) is 11.1. The van der Waals surface area contributed by atoms with Gasteiger partial charge >= 0.3 is 0 Å². The molecule has 0 aliphatic rings. The number of benzene rings is 2. The highest BCUT2D eigenvalue weighted by Gasteiger charge is 2.09. The number of hydrogen-bond donors (Lipinski definition) is 1. The van der Waals surface area contributed by atoms with Gasteiger partial charge in [-0.15, -0.1) is 0 Å². The molecule has 118 valence electrons. The highest BCUT2D eigenvalue weighted by molar-refractivity contribution is 6.30. The molecule has 23 heavy (non-hydrogen) atoms. The summed E-state index contributed by atoms with van der Waals surface area (Å²) < 4.78 is 5.35. The molecule has 3 nitrogen and oxygen atoms in total. The van der Waals surface area contributed by atoms with Gasteiger partial charge in [0.05, 0.1) is 18.3 Å². The van der Waals surface area contributed by atoms with E-state index in [-0.39, 0.29) is 0 Å². The Morgan fingerprint density at radius 3 is 2.70 bits per heavy atom. The maximum Gasteiger partial charge on any atom is 0.141 e. The molecule has 3 rings (SSSR count). The van der Waals surface area contributed by atoms with Crippen LogP contribution in [0.4, 0.5) is 5.69 Å². The number of aryl methyl sites for hydroxylation is 2. The van der Waals surface area contributed by atoms with Gasteiger partial charge in [0.1, 0.15) is 10.9 Å². The average Bonchev–Trinajstić information content (AvgIpc) is 2.57. The molecule has 0 unspecified atom stereocenters. The molecule has 0 fully saturated rings. The van der Waals surface area contributed by atoms with Crippen LogP contribution in [-0.2, 0) is 6.54 Å². The number of nitrogens with zero attached hydrogens (tertiary/aromatic N) is 1. The SMILES string of the molecule is COc1ccccc1NCc1cc2ccc(C)c(C)c2nc1Cl. The standard InChI is InChI=1S/C19H19ClN2O/c1-12-8-9-14-10-15(19(20)22-18(14)13(12)2)11-21-16-6-4-5-7-17(16)23-3/h4-10,21H,11H2,1-3H3. The summed E-state index contributed by atoms with van der Waals surface area (Å²) in [5, 5.41) is 5.00. The molecule has 0 amide bonds. The summed E-state index contributed by atoms with van der Waals surface area (Å²) in [6, 6.07) is 14.1. The zero-order valence-electron chi connectivity index (χ0n) is 13.5. The van der Waals surface area contributed by atoms with E-state index in [1.54, 1.807) is 7.11 Å². The van der Waals surface area contributed by atoms with Gasteiger partial charge in [-0.2, -0.15) is 0 Å². The van der Waals surface area contributed by atoms with Crippen molar-refractivity contribution < 1.29 is 4.74 Å². The second-order valence-electron chi connectivity index (χ2n) is 5.57. The van der Waals surface area contributed by atoms with Crippen molar-refractivity contribution in [3.63, 3.8) is 0 Å². The van der Waals surface area contributed by atoms with Crippen molar-refractivity contribution >= 4 is 28.2 Å². The van der Waals surface area contributed by atoms with Crippen LogP contribution >= 0.6 is 11.6 Å². The van der Waals surface area contributed by atoms with Crippen LogP contribution in [0.15, 0.2) is 42.5 Å². The highest BCUT2D eigenvalue weighted by Crippen LogP contribution is 2.27. The lowest BCUT2D eigenvalue weighted by molar-refractivity contribution is 0.416. The van der Waals surface area contributed by atoms with E-state index in [2.05, 4.69) is 42.3 Å². The Balaban J connectivity index is 1.91. The molecule has 1 heterocycles. The van der Waals surface area contributed by atoms with E-state index in [0.717, 1.165) is 27.9 Å². The normalized spacial score (nSPS) is 10.8. The van der Waals surface area contributed by atoms with Crippen LogP contribution < -0.4 is 10.1 Å². The topological polar surface area (TPSA) is 34.1 Å². The van der Waals surface area contributed by atoms with E-state index in [1.165, 1.54) is 11.1 Å². The summed E-state index contributed by atoms with van der Waals surface area (Å²) in [4.78, 5) is 4.59. The number of anilines is 1. The minimum Gasteiger partial charge on any atom is -0.495 e. The van der Waals surface area contributed by atoms with E-state index >= 15 is 0 Å². The Morgan fingerprint density at radius 1 is 1.13 bits per heavy atom. The zero-order chi connectivity index (χ0) is 16.4. The molecule has 2 aromatic carbocycles.